The first kappa shape index (κ1) is 39.2. The highest BCUT2D eigenvalue weighted by Gasteiger charge is 2.45. The Morgan fingerprint density at radius 1 is 0.845 bits per heavy atom. The van der Waals surface area contributed by atoms with Crippen LogP contribution in [0.5, 0.6) is 5.75 Å². The SMILES string of the molecule is N#Cc1ccc(O[C@H]2CC[C@H](NC(=O)c3ccc(N4CCC(CCN5CCN(c6ccc7c(c6)C(=O)N(C6CCC(=O)NC6=O)C7=O)CC5)CC4)nn3)CC2)cc1Cl. The Morgan fingerprint density at radius 2 is 1.60 bits per heavy atom. The number of fused-ring (bicyclic) bond motifs is 1. The molecule has 0 radical (unpaired) electrons. The van der Waals surface area contributed by atoms with Crippen LogP contribution in [0.15, 0.2) is 48.5 Å². The lowest BCUT2D eigenvalue weighted by Crippen LogP contribution is -2.54. The van der Waals surface area contributed by atoms with E-state index >= 15 is 0 Å². The van der Waals surface area contributed by atoms with Gasteiger partial charge in [-0.2, -0.15) is 5.26 Å². The summed E-state index contributed by atoms with van der Waals surface area (Å²) in [5.41, 5.74) is 2.20. The number of imide groups is 2. The third-order valence-electron chi connectivity index (χ3n) is 12.2. The lowest BCUT2D eigenvalue weighted by atomic mass is 9.92. The molecule has 5 heterocycles. The number of nitrogens with zero attached hydrogens (tertiary/aromatic N) is 7. The zero-order valence-electron chi connectivity index (χ0n) is 32.2. The van der Waals surface area contributed by atoms with Gasteiger partial charge in [-0.15, -0.1) is 10.2 Å². The summed E-state index contributed by atoms with van der Waals surface area (Å²) in [5, 5.41) is 23.5. The molecule has 58 heavy (non-hydrogen) atoms. The molecule has 5 amide bonds. The quantitative estimate of drug-likeness (QED) is 0.282. The summed E-state index contributed by atoms with van der Waals surface area (Å²) in [5.74, 6) is -0.164. The third kappa shape index (κ3) is 8.49. The molecule has 302 valence electrons. The average Bonchev–Trinajstić information content (AvgIpc) is 3.49. The van der Waals surface area contributed by atoms with Crippen LogP contribution in [-0.4, -0.2) is 114 Å². The van der Waals surface area contributed by atoms with Gasteiger partial charge in [-0.25, -0.2) is 0 Å². The number of anilines is 2. The van der Waals surface area contributed by atoms with Crippen LogP contribution in [0.25, 0.3) is 0 Å². The lowest BCUT2D eigenvalue weighted by molar-refractivity contribution is -0.136. The van der Waals surface area contributed by atoms with Crippen LogP contribution in [-0.2, 0) is 9.59 Å². The van der Waals surface area contributed by atoms with Crippen molar-refractivity contribution in [3.63, 3.8) is 0 Å². The number of hydrogen-bond acceptors (Lipinski definition) is 12. The molecule has 8 rings (SSSR count). The van der Waals surface area contributed by atoms with E-state index in [0.29, 0.717) is 39.1 Å². The Kier molecular flexibility index (Phi) is 11.6. The van der Waals surface area contributed by atoms with Crippen molar-refractivity contribution in [2.24, 2.45) is 5.92 Å². The summed E-state index contributed by atoms with van der Waals surface area (Å²) in [7, 11) is 0. The number of piperidine rings is 2. The molecule has 3 aromatic rings. The Bertz CT molecular complexity index is 2120. The van der Waals surface area contributed by atoms with Gasteiger partial charge in [0.15, 0.2) is 11.5 Å². The van der Waals surface area contributed by atoms with Gasteiger partial charge in [-0.3, -0.25) is 39.1 Å². The highest BCUT2D eigenvalue weighted by atomic mass is 35.5. The number of rotatable bonds is 10. The molecule has 0 spiro atoms. The van der Waals surface area contributed by atoms with Crippen LogP contribution < -0.4 is 25.2 Å². The van der Waals surface area contributed by atoms with E-state index in [4.69, 9.17) is 21.6 Å². The summed E-state index contributed by atoms with van der Waals surface area (Å²) in [6, 6.07) is 15.2. The minimum atomic E-state index is -0.973. The van der Waals surface area contributed by atoms with Crippen molar-refractivity contribution < 1.29 is 28.7 Å². The maximum absolute atomic E-state index is 13.3. The number of nitriles is 1. The van der Waals surface area contributed by atoms with Crippen molar-refractivity contribution in [3.8, 4) is 11.8 Å². The van der Waals surface area contributed by atoms with Gasteiger partial charge in [0.1, 0.15) is 17.9 Å². The van der Waals surface area contributed by atoms with Gasteiger partial charge in [0.2, 0.25) is 11.8 Å². The highest BCUT2D eigenvalue weighted by Crippen LogP contribution is 2.32. The van der Waals surface area contributed by atoms with Crippen molar-refractivity contribution in [2.45, 2.75) is 76.0 Å². The van der Waals surface area contributed by atoms with Crippen molar-refractivity contribution in [2.75, 3.05) is 55.6 Å². The number of amides is 5. The molecule has 5 aliphatic rings. The second-order valence-electron chi connectivity index (χ2n) is 15.8. The van der Waals surface area contributed by atoms with Gasteiger partial charge in [0.05, 0.1) is 27.8 Å². The first-order valence-corrected chi connectivity index (χ1v) is 20.6. The standard InChI is InChI=1S/C42H46ClN9O6/c43-34-24-31(5-1-27(34)25-44)58-30-6-2-28(3-7-30)45-39(54)35-9-11-37(48-47-35)51-17-14-26(15-18-51)13-16-49-19-21-50(22-20-49)29-4-8-32-33(23-29)42(57)52(41(32)56)36-10-12-38(53)46-40(36)55/h1,4-5,8-9,11,23-24,26,28,30,36H,2-3,6-7,10,12-22H2,(H,45,54)(H,46,53,55)/t28-,30-,36?. The fraction of sp³-hybridized carbons (Fsp3) is 0.476. The van der Waals surface area contributed by atoms with Crippen LogP contribution in [0.4, 0.5) is 11.5 Å². The zero-order chi connectivity index (χ0) is 40.3. The van der Waals surface area contributed by atoms with Gasteiger partial charge in [0.25, 0.3) is 17.7 Å². The van der Waals surface area contributed by atoms with E-state index in [-0.39, 0.29) is 30.9 Å². The Morgan fingerprint density at radius 3 is 2.29 bits per heavy atom. The second-order valence-corrected chi connectivity index (χ2v) is 16.2. The molecule has 1 unspecified atom stereocenters. The smallest absolute Gasteiger partial charge is 0.272 e. The number of nitrogens with one attached hydrogen (secondary N) is 2. The first-order chi connectivity index (χ1) is 28.1. The Balaban J connectivity index is 0.735. The molecule has 1 aromatic heterocycles. The third-order valence-corrected chi connectivity index (χ3v) is 12.5. The molecule has 15 nitrogen and oxygen atoms in total. The molecule has 4 aliphatic heterocycles. The number of ether oxygens (including phenoxy) is 1. The van der Waals surface area contributed by atoms with Crippen LogP contribution >= 0.6 is 11.6 Å². The molecule has 0 bridgehead atoms. The van der Waals surface area contributed by atoms with E-state index in [1.807, 2.05) is 12.1 Å². The number of benzene rings is 2. The topological polar surface area (TPSA) is 181 Å². The largest absolute Gasteiger partial charge is 0.490 e. The molecule has 3 saturated heterocycles. The minimum absolute atomic E-state index is 0.0218. The van der Waals surface area contributed by atoms with Crippen molar-refractivity contribution in [1.29, 1.82) is 5.26 Å². The van der Waals surface area contributed by atoms with E-state index in [1.165, 1.54) is 0 Å². The first-order valence-electron chi connectivity index (χ1n) is 20.2. The summed E-state index contributed by atoms with van der Waals surface area (Å²) >= 11 is 6.14. The number of carbonyl (C=O) groups is 5. The second kappa shape index (κ2) is 17.1. The maximum Gasteiger partial charge on any atom is 0.272 e. The molecule has 1 saturated carbocycles. The van der Waals surface area contributed by atoms with Crippen molar-refractivity contribution >= 4 is 52.6 Å². The Hall–Kier alpha value is -5.59. The highest BCUT2D eigenvalue weighted by molar-refractivity contribution is 6.31. The van der Waals surface area contributed by atoms with Gasteiger partial charge in [0, 0.05) is 63.5 Å². The molecule has 4 fully saturated rings. The van der Waals surface area contributed by atoms with E-state index in [9.17, 15) is 24.0 Å². The maximum atomic E-state index is 13.3. The molecule has 1 aliphatic carbocycles. The van der Waals surface area contributed by atoms with Crippen LogP contribution in [0.2, 0.25) is 5.02 Å². The van der Waals surface area contributed by atoms with E-state index in [1.54, 1.807) is 36.4 Å². The number of halogens is 1. The van der Waals surface area contributed by atoms with E-state index in [0.717, 1.165) is 107 Å². The van der Waals surface area contributed by atoms with E-state index in [2.05, 4.69) is 41.6 Å². The summed E-state index contributed by atoms with van der Waals surface area (Å²) in [6.45, 7) is 6.18. The predicted octanol–water partition coefficient (Wildman–Crippen LogP) is 3.95. The number of hydrogen-bond donors (Lipinski definition) is 2. The molecule has 2 aromatic carbocycles. The summed E-state index contributed by atoms with van der Waals surface area (Å²) in [4.78, 5) is 71.4. The van der Waals surface area contributed by atoms with Crippen LogP contribution in [0.1, 0.15) is 94.6 Å². The summed E-state index contributed by atoms with van der Waals surface area (Å²) < 4.78 is 6.08. The van der Waals surface area contributed by atoms with Crippen LogP contribution in [0, 0.1) is 17.2 Å². The number of aromatic nitrogens is 2. The van der Waals surface area contributed by atoms with Crippen molar-refractivity contribution in [1.82, 2.24) is 30.6 Å². The molecule has 16 heteroatoms. The van der Waals surface area contributed by atoms with Gasteiger partial charge in [-0.1, -0.05) is 11.6 Å². The van der Waals surface area contributed by atoms with Crippen LogP contribution in [0.3, 0.4) is 0 Å². The molecule has 2 N–H and O–H groups in total. The summed E-state index contributed by atoms with van der Waals surface area (Å²) in [6.07, 6.45) is 6.65. The fourth-order valence-electron chi connectivity index (χ4n) is 8.75. The van der Waals surface area contributed by atoms with E-state index < -0.39 is 29.7 Å². The molecule has 1 atom stereocenters. The molecular formula is C42H46ClN9O6. The minimum Gasteiger partial charge on any atom is -0.490 e. The molecular weight excluding hydrogens is 762 g/mol. The van der Waals surface area contributed by atoms with Gasteiger partial charge >= 0.3 is 0 Å². The number of carbonyl (C=O) groups excluding carboxylic acids is 5. The normalized spacial score (nSPS) is 23.0. The monoisotopic (exact) mass is 807 g/mol. The van der Waals surface area contributed by atoms with Gasteiger partial charge < -0.3 is 19.9 Å². The van der Waals surface area contributed by atoms with Crippen molar-refractivity contribution in [3.05, 3.63) is 75.9 Å². The lowest BCUT2D eigenvalue weighted by Gasteiger charge is -2.38. The van der Waals surface area contributed by atoms with Gasteiger partial charge in [-0.05, 0) is 106 Å². The number of piperazine rings is 1. The Labute approximate surface area is 341 Å². The predicted molar refractivity (Wildman–Crippen MR) is 214 cm³/mol. The average molecular weight is 808 g/mol. The fourth-order valence-corrected chi connectivity index (χ4v) is 8.97. The zero-order valence-corrected chi connectivity index (χ0v) is 33.0.